The molecule has 1 aromatic heterocycles. The lowest BCUT2D eigenvalue weighted by atomic mass is 9.86. The van der Waals surface area contributed by atoms with Gasteiger partial charge in [-0.25, -0.2) is 0 Å². The Hall–Kier alpha value is -4.29. The quantitative estimate of drug-likeness (QED) is 0.283. The van der Waals surface area contributed by atoms with Crippen molar-refractivity contribution in [2.75, 3.05) is 0 Å². The topological polar surface area (TPSA) is 181 Å². The monoisotopic (exact) mass is 366 g/mol. The Balaban J connectivity index is 2.32. The molecule has 0 fully saturated rings. The fourth-order valence-corrected chi connectivity index (χ4v) is 2.77. The van der Waals surface area contributed by atoms with Crippen LogP contribution < -0.4 is 15.9 Å². The second-order valence-electron chi connectivity index (χ2n) is 5.40. The molecule has 1 atom stereocenters. The van der Waals surface area contributed by atoms with Gasteiger partial charge in [0.05, 0.1) is 17.4 Å². The number of para-hydroxylation sites is 1. The van der Waals surface area contributed by atoms with Crippen LogP contribution >= 0.6 is 0 Å². The fourth-order valence-electron chi connectivity index (χ4n) is 2.77. The maximum Gasteiger partial charge on any atom is 0.273 e. The molecule has 1 aliphatic heterocycles. The molecule has 0 spiro atoms. The number of nitrogens with zero attached hydrogens (tertiary/aromatic N) is 5. The molecule has 134 valence electrons. The molecular weight excluding hydrogens is 356 g/mol. The van der Waals surface area contributed by atoms with E-state index >= 15 is 0 Å². The minimum Gasteiger partial charge on any atom is -0.461 e. The highest BCUT2D eigenvalue weighted by Gasteiger charge is 2.38. The van der Waals surface area contributed by atoms with Crippen LogP contribution in [0.5, 0.6) is 5.75 Å². The van der Waals surface area contributed by atoms with Gasteiger partial charge in [-0.3, -0.25) is 14.9 Å². The summed E-state index contributed by atoms with van der Waals surface area (Å²) >= 11 is 0. The molecule has 0 saturated heterocycles. The van der Waals surface area contributed by atoms with Crippen molar-refractivity contribution in [3.05, 3.63) is 89.7 Å². The van der Waals surface area contributed by atoms with Crippen LogP contribution in [-0.2, 0) is 6.54 Å². The van der Waals surface area contributed by atoms with E-state index in [4.69, 9.17) is 20.4 Å². The van der Waals surface area contributed by atoms with Crippen LogP contribution in [-0.4, -0.2) is 4.92 Å². The minimum atomic E-state index is -1.13. The summed E-state index contributed by atoms with van der Waals surface area (Å²) in [4.78, 5) is 25.8. The number of nitrogens with two attached hydrogens (primary N) is 1. The maximum absolute atomic E-state index is 12.4. The summed E-state index contributed by atoms with van der Waals surface area (Å²) in [5, 5.41) is 24.3. The molecule has 0 radical (unpaired) electrons. The predicted molar refractivity (Wildman–Crippen MR) is 90.2 cm³/mol. The number of hydrogen-bond acceptors (Lipinski definition) is 8. The predicted octanol–water partition coefficient (Wildman–Crippen LogP) is 2.58. The van der Waals surface area contributed by atoms with Crippen molar-refractivity contribution in [3.8, 4) is 11.8 Å². The van der Waals surface area contributed by atoms with Crippen molar-refractivity contribution in [2.24, 2.45) is 10.8 Å². The lowest BCUT2D eigenvalue weighted by molar-refractivity contribution is -0.385. The lowest BCUT2D eigenvalue weighted by Gasteiger charge is -2.24. The number of allylic oxidation sites excluding steroid dienone is 1. The molecule has 2 N–H and O–H groups in total. The number of ether oxygens (including phenoxy) is 1. The maximum atomic E-state index is 12.4. The lowest BCUT2D eigenvalue weighted by Crippen LogP contribution is -2.25. The standard InChI is InChI=1S/C16H10N6O5/c17-6-10-13(9-3-1-2-4-11(9)22(24)25)15-14(27-16(10)18)12(23)5-8(26-15)7-20-21-19/h1-5,13H,7,18H2. The van der Waals surface area contributed by atoms with Gasteiger partial charge in [-0.15, -0.1) is 0 Å². The Kier molecular flexibility index (Phi) is 4.49. The summed E-state index contributed by atoms with van der Waals surface area (Å²) in [7, 11) is 0. The number of benzene rings is 1. The molecule has 0 saturated carbocycles. The average Bonchev–Trinajstić information content (AvgIpc) is 2.66. The number of hydrogen-bond donors (Lipinski definition) is 1. The average molecular weight is 366 g/mol. The van der Waals surface area contributed by atoms with E-state index in [9.17, 15) is 20.2 Å². The van der Waals surface area contributed by atoms with Crippen LogP contribution in [0, 0.1) is 21.4 Å². The van der Waals surface area contributed by atoms with E-state index in [0.29, 0.717) is 0 Å². The normalized spacial score (nSPS) is 15.1. The molecule has 2 heterocycles. The van der Waals surface area contributed by atoms with Gasteiger partial charge in [-0.2, -0.15) is 5.26 Å². The highest BCUT2D eigenvalue weighted by molar-refractivity contribution is 5.57. The first-order valence-corrected chi connectivity index (χ1v) is 7.46. The van der Waals surface area contributed by atoms with Gasteiger partial charge in [0.1, 0.15) is 17.4 Å². The summed E-state index contributed by atoms with van der Waals surface area (Å²) in [6.07, 6.45) is 0. The van der Waals surface area contributed by atoms with E-state index in [-0.39, 0.29) is 46.5 Å². The molecule has 11 heteroatoms. The smallest absolute Gasteiger partial charge is 0.273 e. The summed E-state index contributed by atoms with van der Waals surface area (Å²) in [5.41, 5.74) is 13.3. The molecule has 11 nitrogen and oxygen atoms in total. The van der Waals surface area contributed by atoms with Crippen molar-refractivity contribution < 1.29 is 14.1 Å². The number of nitro groups is 1. The second kappa shape index (κ2) is 6.91. The van der Waals surface area contributed by atoms with Gasteiger partial charge < -0.3 is 14.9 Å². The third-order valence-corrected chi connectivity index (χ3v) is 3.86. The van der Waals surface area contributed by atoms with Crippen LogP contribution in [0.25, 0.3) is 10.4 Å². The van der Waals surface area contributed by atoms with Crippen LogP contribution in [0.3, 0.4) is 0 Å². The van der Waals surface area contributed by atoms with Gasteiger partial charge in [-0.05, 0) is 5.53 Å². The van der Waals surface area contributed by atoms with Crippen molar-refractivity contribution in [3.63, 3.8) is 0 Å². The van der Waals surface area contributed by atoms with Crippen LogP contribution in [0.4, 0.5) is 5.69 Å². The molecule has 1 unspecified atom stereocenters. The van der Waals surface area contributed by atoms with Gasteiger partial charge in [0.2, 0.25) is 17.1 Å². The molecule has 27 heavy (non-hydrogen) atoms. The first kappa shape index (κ1) is 17.5. The van der Waals surface area contributed by atoms with Crippen molar-refractivity contribution in [2.45, 2.75) is 12.5 Å². The largest absolute Gasteiger partial charge is 0.461 e. The van der Waals surface area contributed by atoms with E-state index in [2.05, 4.69) is 10.0 Å². The van der Waals surface area contributed by atoms with Gasteiger partial charge in [-0.1, -0.05) is 23.3 Å². The highest BCUT2D eigenvalue weighted by atomic mass is 16.6. The van der Waals surface area contributed by atoms with E-state index in [1.807, 2.05) is 6.07 Å². The van der Waals surface area contributed by atoms with E-state index < -0.39 is 16.3 Å². The number of fused-ring (bicyclic) bond motifs is 1. The SMILES string of the molecule is N#CC1=C(N)Oc2c(oc(CN=[N+]=[N-])cc2=O)C1c1ccccc1[N+](=O)[O-]. The third-order valence-electron chi connectivity index (χ3n) is 3.86. The second-order valence-corrected chi connectivity index (χ2v) is 5.40. The Morgan fingerprint density at radius 1 is 1.44 bits per heavy atom. The Morgan fingerprint density at radius 3 is 2.85 bits per heavy atom. The Labute approximate surface area is 150 Å². The molecule has 0 bridgehead atoms. The molecule has 1 aliphatic rings. The third kappa shape index (κ3) is 3.04. The minimum absolute atomic E-state index is 0.0153. The molecule has 1 aromatic carbocycles. The number of nitriles is 1. The number of nitro benzene ring substituents is 1. The van der Waals surface area contributed by atoms with E-state index in [1.54, 1.807) is 6.07 Å². The van der Waals surface area contributed by atoms with Crippen LogP contribution in [0.2, 0.25) is 0 Å². The van der Waals surface area contributed by atoms with E-state index in [0.717, 1.165) is 6.07 Å². The van der Waals surface area contributed by atoms with Crippen molar-refractivity contribution in [1.82, 2.24) is 0 Å². The molecule has 0 aliphatic carbocycles. The van der Waals surface area contributed by atoms with Gasteiger partial charge in [0.15, 0.2) is 5.76 Å². The summed E-state index contributed by atoms with van der Waals surface area (Å²) in [5.74, 6) is -1.85. The van der Waals surface area contributed by atoms with Crippen LogP contribution in [0.1, 0.15) is 23.0 Å². The van der Waals surface area contributed by atoms with Gasteiger partial charge >= 0.3 is 0 Å². The number of rotatable bonds is 4. The molecule has 3 rings (SSSR count). The Morgan fingerprint density at radius 2 is 2.19 bits per heavy atom. The zero-order chi connectivity index (χ0) is 19.6. The first-order valence-electron chi connectivity index (χ1n) is 7.46. The molecule has 2 aromatic rings. The fraction of sp³-hybridized carbons (Fsp3) is 0.125. The summed E-state index contributed by atoms with van der Waals surface area (Å²) < 4.78 is 10.8. The van der Waals surface area contributed by atoms with E-state index in [1.165, 1.54) is 18.2 Å². The highest BCUT2D eigenvalue weighted by Crippen LogP contribution is 2.43. The van der Waals surface area contributed by atoms with Gasteiger partial charge in [0.25, 0.3) is 5.69 Å². The number of azide groups is 1. The van der Waals surface area contributed by atoms with Crippen molar-refractivity contribution in [1.29, 1.82) is 5.26 Å². The van der Waals surface area contributed by atoms with Crippen molar-refractivity contribution >= 4 is 5.69 Å². The zero-order valence-electron chi connectivity index (χ0n) is 13.5. The zero-order valence-corrected chi connectivity index (χ0v) is 13.5. The van der Waals surface area contributed by atoms with Crippen LogP contribution in [0.15, 0.2) is 56.1 Å². The summed E-state index contributed by atoms with van der Waals surface area (Å²) in [6, 6.07) is 8.63. The molecular formula is C16H10N6O5. The Bertz CT molecular complexity index is 1120. The summed E-state index contributed by atoms with van der Waals surface area (Å²) in [6.45, 7) is -0.260. The van der Waals surface area contributed by atoms with Gasteiger partial charge in [0, 0.05) is 22.6 Å². The molecule has 0 amide bonds. The first-order chi connectivity index (χ1) is 13.0.